The highest BCUT2D eigenvalue weighted by Crippen LogP contribution is 2.24. The van der Waals surface area contributed by atoms with E-state index in [0.29, 0.717) is 18.4 Å². The van der Waals surface area contributed by atoms with Crippen molar-refractivity contribution in [1.82, 2.24) is 5.32 Å². The molecule has 0 fully saturated rings. The average Bonchev–Trinajstić information content (AvgIpc) is 2.34. The van der Waals surface area contributed by atoms with Crippen LogP contribution in [0.5, 0.6) is 0 Å². The summed E-state index contributed by atoms with van der Waals surface area (Å²) < 4.78 is 1.09. The lowest BCUT2D eigenvalue weighted by Gasteiger charge is -2.23. The molecule has 1 aromatic carbocycles. The molecule has 3 N–H and O–H groups in total. The van der Waals surface area contributed by atoms with Crippen LogP contribution in [0.4, 0.5) is 0 Å². The third kappa shape index (κ3) is 6.92. The lowest BCUT2D eigenvalue weighted by atomic mass is 9.85. The minimum atomic E-state index is -0.0230. The van der Waals surface area contributed by atoms with Gasteiger partial charge in [0.05, 0.1) is 6.54 Å². The lowest BCUT2D eigenvalue weighted by Crippen LogP contribution is -2.35. The van der Waals surface area contributed by atoms with Gasteiger partial charge in [0, 0.05) is 16.4 Å². The monoisotopic (exact) mass is 453 g/mol. The van der Waals surface area contributed by atoms with Gasteiger partial charge in [0.25, 0.3) is 0 Å². The van der Waals surface area contributed by atoms with E-state index in [9.17, 15) is 0 Å². The first-order valence-electron chi connectivity index (χ1n) is 6.61. The zero-order valence-electron chi connectivity index (χ0n) is 12.6. The molecule has 0 saturated carbocycles. The molecule has 0 atom stereocenters. The molecule has 0 unspecified atom stereocenters. The summed E-state index contributed by atoms with van der Waals surface area (Å²) in [4.78, 5) is 4.44. The summed E-state index contributed by atoms with van der Waals surface area (Å²) in [5.41, 5.74) is 7.10. The second-order valence-electron chi connectivity index (χ2n) is 5.87. The number of hydrogen-bond acceptors (Lipinski definition) is 1. The van der Waals surface area contributed by atoms with Gasteiger partial charge in [-0.05, 0) is 23.6 Å². The summed E-state index contributed by atoms with van der Waals surface area (Å²) in [6.07, 6.45) is 0. The van der Waals surface area contributed by atoms with E-state index >= 15 is 0 Å². The summed E-state index contributed by atoms with van der Waals surface area (Å²) >= 11 is 3.45. The second kappa shape index (κ2) is 8.87. The van der Waals surface area contributed by atoms with Gasteiger partial charge in [-0.15, -0.1) is 24.0 Å². The summed E-state index contributed by atoms with van der Waals surface area (Å²) in [7, 11) is 0. The van der Waals surface area contributed by atoms with Crippen molar-refractivity contribution in [3.05, 3.63) is 34.3 Å². The van der Waals surface area contributed by atoms with Crippen LogP contribution in [0.2, 0.25) is 0 Å². The Hall–Kier alpha value is -0.300. The molecule has 0 aliphatic rings. The van der Waals surface area contributed by atoms with Crippen LogP contribution in [-0.2, 0) is 5.41 Å². The molecule has 5 heteroatoms. The molecule has 0 aliphatic heterocycles. The molecule has 1 rings (SSSR count). The van der Waals surface area contributed by atoms with Crippen LogP contribution >= 0.6 is 39.9 Å². The van der Waals surface area contributed by atoms with Crippen molar-refractivity contribution in [2.24, 2.45) is 16.6 Å². The maximum atomic E-state index is 5.86. The second-order valence-corrected chi connectivity index (χ2v) is 6.78. The Morgan fingerprint density at radius 2 is 1.85 bits per heavy atom. The van der Waals surface area contributed by atoms with Crippen molar-refractivity contribution in [3.8, 4) is 0 Å². The molecular formula is C15H25BrIN3. The molecule has 20 heavy (non-hydrogen) atoms. The van der Waals surface area contributed by atoms with Crippen LogP contribution in [0.15, 0.2) is 33.7 Å². The first kappa shape index (κ1) is 19.7. The fourth-order valence-corrected chi connectivity index (χ4v) is 1.90. The van der Waals surface area contributed by atoms with Crippen LogP contribution in [0, 0.1) is 5.92 Å². The molecule has 0 saturated heterocycles. The minimum absolute atomic E-state index is 0. The molecule has 0 aromatic heterocycles. The Balaban J connectivity index is 0.00000361. The topological polar surface area (TPSA) is 50.4 Å². The van der Waals surface area contributed by atoms with Crippen molar-refractivity contribution in [1.29, 1.82) is 0 Å². The van der Waals surface area contributed by atoms with Crippen LogP contribution in [0.3, 0.4) is 0 Å². The highest BCUT2D eigenvalue weighted by molar-refractivity contribution is 14.0. The van der Waals surface area contributed by atoms with Crippen LogP contribution in [0.1, 0.15) is 33.3 Å². The molecule has 3 nitrogen and oxygen atoms in total. The Morgan fingerprint density at radius 1 is 1.30 bits per heavy atom. The molecule has 0 bridgehead atoms. The van der Waals surface area contributed by atoms with E-state index in [1.807, 2.05) is 0 Å². The van der Waals surface area contributed by atoms with Crippen molar-refractivity contribution < 1.29 is 0 Å². The molecule has 1 aromatic rings. The summed E-state index contributed by atoms with van der Waals surface area (Å²) in [5.74, 6) is 1.09. The number of benzene rings is 1. The third-order valence-corrected chi connectivity index (χ3v) is 3.49. The van der Waals surface area contributed by atoms with Crippen molar-refractivity contribution in [3.63, 3.8) is 0 Å². The number of rotatable bonds is 5. The Bertz CT molecular complexity index is 427. The smallest absolute Gasteiger partial charge is 0.188 e. The zero-order valence-corrected chi connectivity index (χ0v) is 16.5. The van der Waals surface area contributed by atoms with E-state index in [-0.39, 0.29) is 29.4 Å². The molecule has 0 amide bonds. The normalized spacial score (nSPS) is 12.2. The predicted octanol–water partition coefficient (Wildman–Crippen LogP) is 3.91. The largest absolute Gasteiger partial charge is 0.370 e. The fraction of sp³-hybridized carbons (Fsp3) is 0.533. The number of aliphatic imine (C=N–C) groups is 1. The Labute approximate surface area is 148 Å². The maximum absolute atomic E-state index is 5.86. The molecule has 0 aliphatic carbocycles. The number of hydrogen-bond donors (Lipinski definition) is 2. The number of guanidine groups is 1. The van der Waals surface area contributed by atoms with E-state index in [4.69, 9.17) is 5.73 Å². The van der Waals surface area contributed by atoms with Crippen LogP contribution in [-0.4, -0.2) is 19.0 Å². The summed E-state index contributed by atoms with van der Waals surface area (Å²) in [6, 6.07) is 8.36. The van der Waals surface area contributed by atoms with Gasteiger partial charge in [0.2, 0.25) is 0 Å². The molecule has 0 heterocycles. The first-order chi connectivity index (χ1) is 8.81. The van der Waals surface area contributed by atoms with E-state index in [0.717, 1.165) is 11.0 Å². The standard InChI is InChI=1S/C15H24BrN3.HI/c1-11(2)9-18-14(17)19-10-15(3,4)12-5-7-13(16)8-6-12;/h5-8,11H,9-10H2,1-4H3,(H3,17,18,19);1H. The highest BCUT2D eigenvalue weighted by Gasteiger charge is 2.20. The van der Waals surface area contributed by atoms with E-state index in [2.05, 4.69) is 78.2 Å². The lowest BCUT2D eigenvalue weighted by molar-refractivity contribution is 0.537. The highest BCUT2D eigenvalue weighted by atomic mass is 127. The third-order valence-electron chi connectivity index (χ3n) is 2.96. The van der Waals surface area contributed by atoms with Crippen molar-refractivity contribution >= 4 is 45.9 Å². The quantitative estimate of drug-likeness (QED) is 0.403. The molecular weight excluding hydrogens is 429 g/mol. The Kier molecular flexibility index (Phi) is 8.74. The zero-order chi connectivity index (χ0) is 14.5. The first-order valence-corrected chi connectivity index (χ1v) is 7.40. The van der Waals surface area contributed by atoms with Gasteiger partial charge >= 0.3 is 0 Å². The minimum Gasteiger partial charge on any atom is -0.370 e. The van der Waals surface area contributed by atoms with Crippen LogP contribution in [0.25, 0.3) is 0 Å². The van der Waals surface area contributed by atoms with Gasteiger partial charge in [-0.2, -0.15) is 0 Å². The van der Waals surface area contributed by atoms with E-state index < -0.39 is 0 Å². The van der Waals surface area contributed by atoms with Gasteiger partial charge in [0.15, 0.2) is 5.96 Å². The fourth-order valence-electron chi connectivity index (χ4n) is 1.64. The number of halogens is 2. The van der Waals surface area contributed by atoms with Gasteiger partial charge in [-0.3, -0.25) is 4.99 Å². The summed E-state index contributed by atoms with van der Waals surface area (Å²) in [5, 5.41) is 3.14. The molecule has 0 radical (unpaired) electrons. The van der Waals surface area contributed by atoms with Gasteiger partial charge in [0.1, 0.15) is 0 Å². The SMILES string of the molecule is CC(C)CNC(N)=NCC(C)(C)c1ccc(Br)cc1.I. The number of nitrogens with two attached hydrogens (primary N) is 1. The van der Waals surface area contributed by atoms with Crippen LogP contribution < -0.4 is 11.1 Å². The van der Waals surface area contributed by atoms with Gasteiger partial charge < -0.3 is 11.1 Å². The number of nitrogens with zero attached hydrogens (tertiary/aromatic N) is 1. The Morgan fingerprint density at radius 3 is 2.35 bits per heavy atom. The van der Waals surface area contributed by atoms with Crippen molar-refractivity contribution in [2.75, 3.05) is 13.1 Å². The predicted molar refractivity (Wildman–Crippen MR) is 102 cm³/mol. The van der Waals surface area contributed by atoms with E-state index in [1.165, 1.54) is 5.56 Å². The molecule has 0 spiro atoms. The van der Waals surface area contributed by atoms with Gasteiger partial charge in [-0.1, -0.05) is 55.8 Å². The van der Waals surface area contributed by atoms with Crippen molar-refractivity contribution in [2.45, 2.75) is 33.1 Å². The average molecular weight is 454 g/mol. The molecule has 114 valence electrons. The van der Waals surface area contributed by atoms with Gasteiger partial charge in [-0.25, -0.2) is 0 Å². The summed E-state index contributed by atoms with van der Waals surface area (Å²) in [6.45, 7) is 10.2. The van der Waals surface area contributed by atoms with E-state index in [1.54, 1.807) is 0 Å². The maximum Gasteiger partial charge on any atom is 0.188 e. The number of nitrogens with one attached hydrogen (secondary N) is 1.